The van der Waals surface area contributed by atoms with E-state index in [2.05, 4.69) is 22.4 Å². The summed E-state index contributed by atoms with van der Waals surface area (Å²) in [5.74, 6) is -1.81. The molecule has 4 heteroatoms. The maximum atomic E-state index is 12.6. The summed E-state index contributed by atoms with van der Waals surface area (Å²) < 4.78 is 25.1. The summed E-state index contributed by atoms with van der Waals surface area (Å²) in [4.78, 5) is 3.57. The zero-order valence-electron chi connectivity index (χ0n) is 6.27. The quantitative estimate of drug-likeness (QED) is 0.484. The molecule has 62 valence electrons. The molecule has 0 bridgehead atoms. The van der Waals surface area contributed by atoms with Crippen molar-refractivity contribution in [3.63, 3.8) is 0 Å². The van der Waals surface area contributed by atoms with Crippen molar-refractivity contribution < 1.29 is 8.78 Å². The lowest BCUT2D eigenvalue weighted by Crippen LogP contribution is -1.85. The molecule has 1 rings (SSSR count). The Hall–Kier alpha value is -1.12. The molecule has 12 heavy (non-hydrogen) atoms. The van der Waals surface area contributed by atoms with Gasteiger partial charge in [-0.15, -0.1) is 0 Å². The van der Waals surface area contributed by atoms with Gasteiger partial charge in [-0.3, -0.25) is 0 Å². The minimum absolute atomic E-state index is 0.309. The molecule has 1 nitrogen and oxygen atoms in total. The van der Waals surface area contributed by atoms with Crippen molar-refractivity contribution in [1.82, 2.24) is 0 Å². The second-order valence-corrected chi connectivity index (χ2v) is 2.44. The van der Waals surface area contributed by atoms with Crippen LogP contribution in [0.25, 0.3) is 0 Å². The highest BCUT2D eigenvalue weighted by Crippen LogP contribution is 2.21. The molecule has 1 aromatic rings. The minimum Gasteiger partial charge on any atom is -0.204 e. The van der Waals surface area contributed by atoms with E-state index in [1.54, 1.807) is 6.92 Å². The Kier molecular flexibility index (Phi) is 2.63. The Labute approximate surface area is 73.7 Å². The van der Waals surface area contributed by atoms with E-state index in [1.807, 2.05) is 0 Å². The number of isothiocyanates is 1. The number of thiocarbonyl (C=S) groups is 1. The molecule has 0 aliphatic rings. The van der Waals surface area contributed by atoms with Crippen LogP contribution < -0.4 is 0 Å². The molecular formula is C8H5F2NS. The Morgan fingerprint density at radius 2 is 1.92 bits per heavy atom. The Bertz CT molecular complexity index is 356. The highest BCUT2D eigenvalue weighted by atomic mass is 32.1. The first-order valence-electron chi connectivity index (χ1n) is 3.18. The van der Waals surface area contributed by atoms with Gasteiger partial charge in [0.15, 0.2) is 11.6 Å². The van der Waals surface area contributed by atoms with Crippen LogP contribution in [0.15, 0.2) is 17.1 Å². The van der Waals surface area contributed by atoms with E-state index in [0.717, 1.165) is 12.1 Å². The molecule has 0 unspecified atom stereocenters. The molecule has 0 saturated heterocycles. The van der Waals surface area contributed by atoms with Crippen molar-refractivity contribution >= 4 is 23.1 Å². The number of halogens is 2. The third-order valence-corrected chi connectivity index (χ3v) is 1.50. The third-order valence-electron chi connectivity index (χ3n) is 1.40. The normalized spacial score (nSPS) is 9.25. The second kappa shape index (κ2) is 3.52. The van der Waals surface area contributed by atoms with Gasteiger partial charge in [0.25, 0.3) is 0 Å². The summed E-state index contributed by atoms with van der Waals surface area (Å²) in [6, 6.07) is 2.06. The van der Waals surface area contributed by atoms with Crippen LogP contribution in [0.2, 0.25) is 0 Å². The highest BCUT2D eigenvalue weighted by Gasteiger charge is 2.04. The van der Waals surface area contributed by atoms with Crippen molar-refractivity contribution in [3.8, 4) is 0 Å². The summed E-state index contributed by atoms with van der Waals surface area (Å²) >= 11 is 4.34. The van der Waals surface area contributed by atoms with Gasteiger partial charge in [0.1, 0.15) is 0 Å². The van der Waals surface area contributed by atoms with Gasteiger partial charge in [0, 0.05) is 6.07 Å². The van der Waals surface area contributed by atoms with E-state index in [-0.39, 0.29) is 0 Å². The average molecular weight is 185 g/mol. The standard InChI is InChI=1S/C8H5F2NS/c1-5-2-6(9)7(10)3-8(5)11-4-12/h2-3H,1H3. The van der Waals surface area contributed by atoms with Gasteiger partial charge in [0.05, 0.1) is 10.8 Å². The first kappa shape index (κ1) is 8.97. The lowest BCUT2D eigenvalue weighted by atomic mass is 10.2. The first-order valence-corrected chi connectivity index (χ1v) is 3.59. The number of aliphatic imine (C=N–C) groups is 1. The van der Waals surface area contributed by atoms with E-state index in [9.17, 15) is 8.78 Å². The lowest BCUT2D eigenvalue weighted by molar-refractivity contribution is 0.508. The first-order chi connectivity index (χ1) is 5.65. The number of nitrogens with zero attached hydrogens (tertiary/aromatic N) is 1. The summed E-state index contributed by atoms with van der Waals surface area (Å²) in [5.41, 5.74) is 0.843. The molecule has 0 fully saturated rings. The van der Waals surface area contributed by atoms with E-state index in [0.29, 0.717) is 11.3 Å². The van der Waals surface area contributed by atoms with Crippen molar-refractivity contribution in [2.75, 3.05) is 0 Å². The molecule has 1 aromatic carbocycles. The molecule has 0 aliphatic heterocycles. The second-order valence-electron chi connectivity index (χ2n) is 2.26. The number of rotatable bonds is 1. The highest BCUT2D eigenvalue weighted by molar-refractivity contribution is 7.78. The van der Waals surface area contributed by atoms with Crippen LogP contribution in [0.3, 0.4) is 0 Å². The molecule has 0 heterocycles. The van der Waals surface area contributed by atoms with Crippen molar-refractivity contribution in [2.24, 2.45) is 4.99 Å². The van der Waals surface area contributed by atoms with Gasteiger partial charge in [-0.2, -0.15) is 4.99 Å². The summed E-state index contributed by atoms with van der Waals surface area (Å²) in [5, 5.41) is 2.09. The largest absolute Gasteiger partial charge is 0.204 e. The molecule has 0 aromatic heterocycles. The lowest BCUT2D eigenvalue weighted by Gasteiger charge is -1.98. The Morgan fingerprint density at radius 3 is 2.50 bits per heavy atom. The van der Waals surface area contributed by atoms with Gasteiger partial charge in [-0.25, -0.2) is 8.78 Å². The summed E-state index contributed by atoms with van der Waals surface area (Å²) in [6.07, 6.45) is 0. The van der Waals surface area contributed by atoms with Crippen molar-refractivity contribution in [1.29, 1.82) is 0 Å². The zero-order chi connectivity index (χ0) is 9.14. The molecule has 0 aliphatic carbocycles. The Balaban J connectivity index is 3.32. The van der Waals surface area contributed by atoms with Gasteiger partial charge >= 0.3 is 0 Å². The van der Waals surface area contributed by atoms with Gasteiger partial charge in [0.2, 0.25) is 0 Å². The fourth-order valence-corrected chi connectivity index (χ4v) is 0.904. The Morgan fingerprint density at radius 1 is 1.33 bits per heavy atom. The van der Waals surface area contributed by atoms with Crippen LogP contribution in [0.4, 0.5) is 14.5 Å². The van der Waals surface area contributed by atoms with Gasteiger partial charge < -0.3 is 0 Å². The molecule has 0 saturated carbocycles. The van der Waals surface area contributed by atoms with Crippen molar-refractivity contribution in [3.05, 3.63) is 29.3 Å². The number of aryl methyl sites for hydroxylation is 1. The number of benzene rings is 1. The van der Waals surface area contributed by atoms with Crippen LogP contribution in [-0.2, 0) is 0 Å². The summed E-state index contributed by atoms with van der Waals surface area (Å²) in [7, 11) is 0. The van der Waals surface area contributed by atoms with Gasteiger partial charge in [-0.1, -0.05) is 0 Å². The van der Waals surface area contributed by atoms with E-state index >= 15 is 0 Å². The molecule has 0 radical (unpaired) electrons. The van der Waals surface area contributed by atoms with Crippen LogP contribution in [0.5, 0.6) is 0 Å². The van der Waals surface area contributed by atoms with Crippen LogP contribution in [0.1, 0.15) is 5.56 Å². The molecule has 0 atom stereocenters. The average Bonchev–Trinajstić information content (AvgIpc) is 2.01. The SMILES string of the molecule is Cc1cc(F)c(F)cc1N=C=S. The van der Waals surface area contributed by atoms with Crippen LogP contribution in [0, 0.1) is 18.6 Å². The predicted octanol–water partition coefficient (Wildman–Crippen LogP) is 3.01. The third kappa shape index (κ3) is 1.72. The minimum atomic E-state index is -0.926. The molecular weight excluding hydrogens is 180 g/mol. The zero-order valence-corrected chi connectivity index (χ0v) is 7.08. The summed E-state index contributed by atoms with van der Waals surface area (Å²) in [6.45, 7) is 1.62. The topological polar surface area (TPSA) is 12.4 Å². The van der Waals surface area contributed by atoms with Gasteiger partial charge in [-0.05, 0) is 30.8 Å². The molecule has 0 N–H and O–H groups in total. The maximum absolute atomic E-state index is 12.6. The van der Waals surface area contributed by atoms with Crippen LogP contribution >= 0.6 is 12.2 Å². The predicted molar refractivity (Wildman–Crippen MR) is 45.8 cm³/mol. The van der Waals surface area contributed by atoms with E-state index in [1.165, 1.54) is 0 Å². The van der Waals surface area contributed by atoms with Crippen LogP contribution in [-0.4, -0.2) is 5.16 Å². The van der Waals surface area contributed by atoms with Crippen molar-refractivity contribution in [2.45, 2.75) is 6.92 Å². The fraction of sp³-hybridized carbons (Fsp3) is 0.125. The van der Waals surface area contributed by atoms with E-state index < -0.39 is 11.6 Å². The maximum Gasteiger partial charge on any atom is 0.161 e. The van der Waals surface area contributed by atoms with E-state index in [4.69, 9.17) is 0 Å². The number of hydrogen-bond acceptors (Lipinski definition) is 2. The molecule has 0 amide bonds. The monoisotopic (exact) mass is 185 g/mol. The molecule has 0 spiro atoms. The fourth-order valence-electron chi connectivity index (χ4n) is 0.805. The number of hydrogen-bond donors (Lipinski definition) is 0. The smallest absolute Gasteiger partial charge is 0.161 e.